The van der Waals surface area contributed by atoms with Crippen LogP contribution in [0, 0.1) is 0 Å². The van der Waals surface area contributed by atoms with Gasteiger partial charge in [-0.15, -0.1) is 0 Å². The van der Waals surface area contributed by atoms with Crippen LogP contribution in [0.4, 0.5) is 0 Å². The second-order valence-electron chi connectivity index (χ2n) is 7.74. The van der Waals surface area contributed by atoms with E-state index in [1.165, 1.54) is 0 Å². The third kappa shape index (κ3) is 3.30. The molecular weight excluding hydrogens is 384 g/mol. The average molecular weight is 406 g/mol. The summed E-state index contributed by atoms with van der Waals surface area (Å²) in [7, 11) is 1.78. The van der Waals surface area contributed by atoms with Crippen molar-refractivity contribution < 1.29 is 14.3 Å². The second-order valence-corrected chi connectivity index (χ2v) is 7.74. The summed E-state index contributed by atoms with van der Waals surface area (Å²) in [4.78, 5) is 41.7. The van der Waals surface area contributed by atoms with E-state index in [0.29, 0.717) is 43.7 Å². The fourth-order valence-electron chi connectivity index (χ4n) is 4.17. The van der Waals surface area contributed by atoms with E-state index in [1.807, 2.05) is 22.9 Å². The van der Waals surface area contributed by atoms with Crippen molar-refractivity contribution in [3.8, 4) is 0 Å². The van der Waals surface area contributed by atoms with Crippen molar-refractivity contribution in [2.75, 3.05) is 26.7 Å². The molecule has 0 aromatic carbocycles. The highest BCUT2D eigenvalue weighted by molar-refractivity contribution is 5.96. The number of aromatic nitrogens is 4. The van der Waals surface area contributed by atoms with E-state index < -0.39 is 0 Å². The fourth-order valence-corrected chi connectivity index (χ4v) is 4.17. The molecule has 9 heteroatoms. The number of carbonyl (C=O) groups is 2. The van der Waals surface area contributed by atoms with Crippen molar-refractivity contribution in [1.82, 2.24) is 29.3 Å². The second kappa shape index (κ2) is 7.49. The molecule has 0 bridgehead atoms. The molecule has 0 N–H and O–H groups in total. The molecule has 0 spiro atoms. The van der Waals surface area contributed by atoms with Crippen molar-refractivity contribution >= 4 is 23.0 Å². The highest BCUT2D eigenvalue weighted by atomic mass is 16.5. The van der Waals surface area contributed by atoms with Gasteiger partial charge >= 0.3 is 0 Å². The molecule has 0 aliphatic carbocycles. The number of ether oxygens (including phenoxy) is 1. The Morgan fingerprint density at radius 3 is 3.00 bits per heavy atom. The summed E-state index contributed by atoms with van der Waals surface area (Å²) in [6.07, 6.45) is 7.10. The number of pyridine rings is 2. The molecule has 9 nitrogen and oxygen atoms in total. The molecule has 30 heavy (non-hydrogen) atoms. The summed E-state index contributed by atoms with van der Waals surface area (Å²) in [5.41, 5.74) is 2.92. The quantitative estimate of drug-likeness (QED) is 0.643. The van der Waals surface area contributed by atoms with Crippen LogP contribution < -0.4 is 0 Å². The highest BCUT2D eigenvalue weighted by Gasteiger charge is 2.41. The van der Waals surface area contributed by atoms with Gasteiger partial charge in [-0.3, -0.25) is 14.6 Å². The van der Waals surface area contributed by atoms with Gasteiger partial charge in [0, 0.05) is 38.7 Å². The van der Waals surface area contributed by atoms with Crippen molar-refractivity contribution in [3.05, 3.63) is 54.2 Å². The lowest BCUT2D eigenvalue weighted by atomic mass is 10.2. The number of carbonyl (C=O) groups excluding carboxylic acids is 2. The van der Waals surface area contributed by atoms with E-state index >= 15 is 0 Å². The molecule has 0 unspecified atom stereocenters. The van der Waals surface area contributed by atoms with Gasteiger partial charge in [0.15, 0.2) is 5.65 Å². The molecule has 154 valence electrons. The normalized spacial score (nSPS) is 21.7. The highest BCUT2D eigenvalue weighted by Crippen LogP contribution is 2.24. The maximum atomic E-state index is 13.1. The van der Waals surface area contributed by atoms with E-state index in [9.17, 15) is 9.59 Å². The van der Waals surface area contributed by atoms with Gasteiger partial charge in [0.25, 0.3) is 5.91 Å². The van der Waals surface area contributed by atoms with Crippen LogP contribution in [-0.2, 0) is 16.1 Å². The molecule has 5 heterocycles. The molecule has 2 amide bonds. The Morgan fingerprint density at radius 2 is 2.17 bits per heavy atom. The average Bonchev–Trinajstić information content (AvgIpc) is 3.34. The van der Waals surface area contributed by atoms with Crippen LogP contribution in [0.3, 0.4) is 0 Å². The van der Waals surface area contributed by atoms with Crippen LogP contribution >= 0.6 is 0 Å². The summed E-state index contributed by atoms with van der Waals surface area (Å²) in [5, 5.41) is 0. The lowest BCUT2D eigenvalue weighted by Crippen LogP contribution is -2.43. The van der Waals surface area contributed by atoms with E-state index in [-0.39, 0.29) is 24.0 Å². The number of amides is 2. The fraction of sp³-hybridized carbons (Fsp3) is 0.381. The molecule has 3 aromatic rings. The van der Waals surface area contributed by atoms with Crippen LogP contribution in [0.5, 0.6) is 0 Å². The van der Waals surface area contributed by atoms with Crippen molar-refractivity contribution in [1.29, 1.82) is 0 Å². The molecule has 2 saturated heterocycles. The first-order valence-corrected chi connectivity index (χ1v) is 9.96. The van der Waals surface area contributed by atoms with Crippen LogP contribution in [-0.4, -0.2) is 80.0 Å². The number of likely N-dealkylation sites (tertiary alicyclic amines) is 1. The van der Waals surface area contributed by atoms with Gasteiger partial charge in [0.05, 0.1) is 43.6 Å². The number of imidazole rings is 1. The minimum absolute atomic E-state index is 0.0547. The largest absolute Gasteiger partial charge is 0.374 e. The molecule has 0 radical (unpaired) electrons. The first-order valence-electron chi connectivity index (χ1n) is 9.96. The Hall–Kier alpha value is -3.33. The molecule has 0 saturated carbocycles. The van der Waals surface area contributed by atoms with Gasteiger partial charge in [0.1, 0.15) is 5.52 Å². The number of likely N-dealkylation sites (N-methyl/N-ethyl adjacent to an activating group) is 1. The number of rotatable bonds is 3. The smallest absolute Gasteiger partial charge is 0.255 e. The molecule has 2 fully saturated rings. The molecule has 5 rings (SSSR count). The Labute approximate surface area is 173 Å². The summed E-state index contributed by atoms with van der Waals surface area (Å²) < 4.78 is 7.75. The predicted molar refractivity (Wildman–Crippen MR) is 108 cm³/mol. The van der Waals surface area contributed by atoms with Crippen molar-refractivity contribution in [2.45, 2.75) is 25.1 Å². The number of nitrogens with zero attached hydrogens (tertiary/aromatic N) is 6. The summed E-state index contributed by atoms with van der Waals surface area (Å²) in [6, 6.07) is 5.55. The van der Waals surface area contributed by atoms with Crippen LogP contribution in [0.1, 0.15) is 22.3 Å². The molecule has 3 aromatic heterocycles. The maximum Gasteiger partial charge on any atom is 0.255 e. The zero-order valence-electron chi connectivity index (χ0n) is 16.6. The van der Waals surface area contributed by atoms with Gasteiger partial charge in [-0.25, -0.2) is 9.97 Å². The Balaban J connectivity index is 1.35. The van der Waals surface area contributed by atoms with E-state index in [0.717, 1.165) is 11.2 Å². The minimum atomic E-state index is -0.152. The van der Waals surface area contributed by atoms with Gasteiger partial charge in [0.2, 0.25) is 5.91 Å². The van der Waals surface area contributed by atoms with Crippen LogP contribution in [0.25, 0.3) is 11.2 Å². The number of fused-ring (bicyclic) bond motifs is 2. The van der Waals surface area contributed by atoms with Gasteiger partial charge in [-0.1, -0.05) is 6.07 Å². The monoisotopic (exact) mass is 406 g/mol. The van der Waals surface area contributed by atoms with Gasteiger partial charge < -0.3 is 19.1 Å². The topological polar surface area (TPSA) is 93.5 Å². The third-order valence-corrected chi connectivity index (χ3v) is 5.84. The first-order chi connectivity index (χ1) is 14.6. The van der Waals surface area contributed by atoms with Crippen molar-refractivity contribution in [2.24, 2.45) is 0 Å². The Morgan fingerprint density at radius 1 is 1.27 bits per heavy atom. The van der Waals surface area contributed by atoms with Crippen LogP contribution in [0.2, 0.25) is 0 Å². The number of hydrogen-bond donors (Lipinski definition) is 0. The van der Waals surface area contributed by atoms with Crippen molar-refractivity contribution in [3.63, 3.8) is 0 Å². The minimum Gasteiger partial charge on any atom is -0.374 e. The van der Waals surface area contributed by atoms with E-state index in [4.69, 9.17) is 4.74 Å². The van der Waals surface area contributed by atoms with Gasteiger partial charge in [-0.05, 0) is 17.7 Å². The Kier molecular flexibility index (Phi) is 4.66. The maximum absolute atomic E-state index is 13.1. The zero-order valence-corrected chi connectivity index (χ0v) is 16.6. The lowest BCUT2D eigenvalue weighted by molar-refractivity contribution is -0.131. The predicted octanol–water partition coefficient (Wildman–Crippen LogP) is 0.946. The lowest BCUT2D eigenvalue weighted by Gasteiger charge is -2.25. The standard InChI is InChI=1S/C21H22N6O3/c1-25-17-11-26(12-18(17)30-6-4-19(25)28)21(29)15-7-16-20(23-9-15)27(13-24-16)10-14-3-2-5-22-8-14/h2-3,5,7-9,13,17-18H,4,6,10-12H2,1H3/t17-,18-/m0/s1. The molecule has 2 aliphatic heterocycles. The zero-order chi connectivity index (χ0) is 20.7. The summed E-state index contributed by atoms with van der Waals surface area (Å²) in [5.74, 6) is -0.0669. The summed E-state index contributed by atoms with van der Waals surface area (Å²) >= 11 is 0. The summed E-state index contributed by atoms with van der Waals surface area (Å²) in [6.45, 7) is 1.93. The Bertz CT molecular complexity index is 1100. The number of hydrogen-bond acceptors (Lipinski definition) is 6. The van der Waals surface area contributed by atoms with Crippen LogP contribution in [0.15, 0.2) is 43.1 Å². The SMILES string of the molecule is CN1C(=O)CCO[C@H]2CN(C(=O)c3cnc4c(c3)ncn4Cc3cccnc3)C[C@@H]21. The first kappa shape index (κ1) is 18.7. The van der Waals surface area contributed by atoms with Gasteiger partial charge in [-0.2, -0.15) is 0 Å². The third-order valence-electron chi connectivity index (χ3n) is 5.84. The molecule has 2 aliphatic rings. The van der Waals surface area contributed by atoms with E-state index in [2.05, 4.69) is 15.0 Å². The molecular formula is C21H22N6O3. The molecule has 2 atom stereocenters. The van der Waals surface area contributed by atoms with E-state index in [1.54, 1.807) is 41.6 Å².